The normalized spacial score (nSPS) is 17.8. The monoisotopic (exact) mass is 549 g/mol. The molecule has 6 nitrogen and oxygen atoms in total. The van der Waals surface area contributed by atoms with Gasteiger partial charge in [0.2, 0.25) is 0 Å². The summed E-state index contributed by atoms with van der Waals surface area (Å²) >= 11 is 0. The van der Waals surface area contributed by atoms with Crippen LogP contribution in [0.2, 0.25) is 0 Å². The molecule has 1 saturated carbocycles. The second kappa shape index (κ2) is 19.2. The topological polar surface area (TPSA) is 106 Å². The van der Waals surface area contributed by atoms with Crippen LogP contribution in [0.4, 0.5) is 0 Å². The molecule has 0 bridgehead atoms. The Morgan fingerprint density at radius 2 is 1.25 bits per heavy atom. The fourth-order valence-electron chi connectivity index (χ4n) is 4.53. The van der Waals surface area contributed by atoms with Gasteiger partial charge in [-0.2, -0.15) is 0 Å². The summed E-state index contributed by atoms with van der Waals surface area (Å²) in [4.78, 5) is 0. The number of hydrogen-bond donors (Lipinski definition) is 3. The second-order valence-corrected chi connectivity index (χ2v) is 10.2. The van der Waals surface area contributed by atoms with Crippen molar-refractivity contribution in [1.82, 2.24) is 0 Å². The molecule has 3 aromatic carbocycles. The smallest absolute Gasteiger partial charge is 0.118 e. The van der Waals surface area contributed by atoms with E-state index in [4.69, 9.17) is 31.4 Å². The van der Waals surface area contributed by atoms with Gasteiger partial charge in [0.05, 0.1) is 26.9 Å². The molecule has 0 radical (unpaired) electrons. The molecular weight excluding hydrogens is 498 g/mol. The average molecular weight is 550 g/mol. The molecule has 0 saturated heterocycles. The molecule has 1 aliphatic rings. The third kappa shape index (κ3) is 12.1. The molecule has 220 valence electrons. The van der Waals surface area contributed by atoms with Gasteiger partial charge in [-0.1, -0.05) is 87.7 Å². The molecule has 0 aromatic heterocycles. The maximum Gasteiger partial charge on any atom is 0.118 e. The summed E-state index contributed by atoms with van der Waals surface area (Å²) in [5.41, 5.74) is 21.4. The molecule has 0 aliphatic heterocycles. The molecule has 6 heteroatoms. The number of hydrogen-bond acceptors (Lipinski definition) is 6. The van der Waals surface area contributed by atoms with Gasteiger partial charge < -0.3 is 31.4 Å². The number of ether oxygens (including phenoxy) is 3. The second-order valence-electron chi connectivity index (χ2n) is 10.2. The van der Waals surface area contributed by atoms with E-state index in [0.717, 1.165) is 43.6 Å². The SMILES string of the molecule is CCC[C@H](N)c1ccc(OC)cc1.CC[C@H](N)c1ccc(OC)cc1.NC1CCCCC1OCc1ccccc1. The van der Waals surface area contributed by atoms with Crippen LogP contribution in [0.1, 0.15) is 87.6 Å². The van der Waals surface area contributed by atoms with Crippen LogP contribution in [0, 0.1) is 0 Å². The van der Waals surface area contributed by atoms with Crippen molar-refractivity contribution in [3.63, 3.8) is 0 Å². The van der Waals surface area contributed by atoms with Crippen LogP contribution < -0.4 is 26.7 Å². The first-order valence-corrected chi connectivity index (χ1v) is 14.6. The molecule has 4 rings (SSSR count). The van der Waals surface area contributed by atoms with E-state index in [2.05, 4.69) is 26.0 Å². The molecule has 40 heavy (non-hydrogen) atoms. The van der Waals surface area contributed by atoms with E-state index in [1.807, 2.05) is 66.7 Å². The lowest BCUT2D eigenvalue weighted by Gasteiger charge is -2.28. The van der Waals surface area contributed by atoms with E-state index >= 15 is 0 Å². The Kier molecular flexibility index (Phi) is 16.0. The zero-order chi connectivity index (χ0) is 29.2. The van der Waals surface area contributed by atoms with Gasteiger partial charge in [0.1, 0.15) is 11.5 Å². The Morgan fingerprint density at radius 1 is 0.725 bits per heavy atom. The number of rotatable bonds is 10. The minimum atomic E-state index is 0.149. The van der Waals surface area contributed by atoms with E-state index in [0.29, 0.717) is 6.61 Å². The Bertz CT molecular complexity index is 1030. The van der Waals surface area contributed by atoms with Crippen LogP contribution in [0.15, 0.2) is 78.9 Å². The lowest BCUT2D eigenvalue weighted by Crippen LogP contribution is -2.39. The van der Waals surface area contributed by atoms with Gasteiger partial charge in [-0.15, -0.1) is 0 Å². The first-order valence-electron chi connectivity index (χ1n) is 14.6. The zero-order valence-electron chi connectivity index (χ0n) is 24.9. The predicted octanol–water partition coefficient (Wildman–Crippen LogP) is 7.07. The van der Waals surface area contributed by atoms with Crippen molar-refractivity contribution in [1.29, 1.82) is 0 Å². The van der Waals surface area contributed by atoms with Gasteiger partial charge in [-0.3, -0.25) is 0 Å². The molecule has 0 heterocycles. The Hall–Kier alpha value is -2.90. The van der Waals surface area contributed by atoms with Crippen LogP contribution in [0.5, 0.6) is 11.5 Å². The third-order valence-corrected chi connectivity index (χ3v) is 7.19. The van der Waals surface area contributed by atoms with E-state index in [1.165, 1.54) is 29.5 Å². The predicted molar refractivity (Wildman–Crippen MR) is 167 cm³/mol. The van der Waals surface area contributed by atoms with Gasteiger partial charge in [0, 0.05) is 18.1 Å². The molecule has 3 aromatic rings. The minimum Gasteiger partial charge on any atom is -0.497 e. The Balaban J connectivity index is 0.000000212. The molecule has 2 unspecified atom stereocenters. The summed E-state index contributed by atoms with van der Waals surface area (Å²) in [6, 6.07) is 26.7. The summed E-state index contributed by atoms with van der Waals surface area (Å²) in [5, 5.41) is 0. The van der Waals surface area contributed by atoms with E-state index in [-0.39, 0.29) is 24.2 Å². The highest BCUT2D eigenvalue weighted by Gasteiger charge is 2.22. The average Bonchev–Trinajstić information content (AvgIpc) is 3.01. The molecule has 0 amide bonds. The number of benzene rings is 3. The summed E-state index contributed by atoms with van der Waals surface area (Å²) in [6.45, 7) is 4.91. The van der Waals surface area contributed by atoms with Gasteiger partial charge in [-0.25, -0.2) is 0 Å². The van der Waals surface area contributed by atoms with Crippen molar-refractivity contribution in [2.45, 2.75) is 89.6 Å². The quantitative estimate of drug-likeness (QED) is 0.250. The first-order chi connectivity index (χ1) is 19.4. The lowest BCUT2D eigenvalue weighted by atomic mass is 9.93. The van der Waals surface area contributed by atoms with Gasteiger partial charge in [0.25, 0.3) is 0 Å². The Morgan fingerprint density at radius 3 is 1.73 bits per heavy atom. The molecule has 0 spiro atoms. The largest absolute Gasteiger partial charge is 0.497 e. The lowest BCUT2D eigenvalue weighted by molar-refractivity contribution is 0.00404. The van der Waals surface area contributed by atoms with E-state index < -0.39 is 0 Å². The third-order valence-electron chi connectivity index (χ3n) is 7.19. The van der Waals surface area contributed by atoms with Crippen LogP contribution in [-0.4, -0.2) is 26.4 Å². The van der Waals surface area contributed by atoms with Crippen molar-refractivity contribution < 1.29 is 14.2 Å². The van der Waals surface area contributed by atoms with Crippen LogP contribution >= 0.6 is 0 Å². The number of methoxy groups -OCH3 is 2. The summed E-state index contributed by atoms with van der Waals surface area (Å²) in [5.74, 6) is 1.76. The molecule has 1 aliphatic carbocycles. The highest BCUT2D eigenvalue weighted by atomic mass is 16.5. The number of nitrogens with two attached hydrogens (primary N) is 3. The van der Waals surface area contributed by atoms with Crippen LogP contribution in [-0.2, 0) is 11.3 Å². The maximum absolute atomic E-state index is 6.02. The first kappa shape index (κ1) is 33.3. The fraction of sp³-hybridized carbons (Fsp3) is 0.471. The molecular formula is C34H51N3O3. The Labute approximate surface area is 242 Å². The highest BCUT2D eigenvalue weighted by Crippen LogP contribution is 2.21. The minimum absolute atomic E-state index is 0.149. The van der Waals surface area contributed by atoms with Gasteiger partial charge >= 0.3 is 0 Å². The molecule has 4 atom stereocenters. The zero-order valence-corrected chi connectivity index (χ0v) is 24.9. The fourth-order valence-corrected chi connectivity index (χ4v) is 4.53. The van der Waals surface area contributed by atoms with Crippen molar-refractivity contribution in [3.05, 3.63) is 95.6 Å². The summed E-state index contributed by atoms with van der Waals surface area (Å²) in [7, 11) is 3.33. The summed E-state index contributed by atoms with van der Waals surface area (Å²) < 4.78 is 16.0. The van der Waals surface area contributed by atoms with Crippen molar-refractivity contribution in [2.24, 2.45) is 17.2 Å². The van der Waals surface area contributed by atoms with Crippen molar-refractivity contribution >= 4 is 0 Å². The van der Waals surface area contributed by atoms with Crippen LogP contribution in [0.25, 0.3) is 0 Å². The van der Waals surface area contributed by atoms with Crippen LogP contribution in [0.3, 0.4) is 0 Å². The van der Waals surface area contributed by atoms with Gasteiger partial charge in [-0.05, 0) is 66.6 Å². The molecule has 6 N–H and O–H groups in total. The van der Waals surface area contributed by atoms with Crippen molar-refractivity contribution in [3.8, 4) is 11.5 Å². The van der Waals surface area contributed by atoms with Gasteiger partial charge in [0.15, 0.2) is 0 Å². The summed E-state index contributed by atoms with van der Waals surface area (Å²) in [6.07, 6.45) is 8.12. The highest BCUT2D eigenvalue weighted by molar-refractivity contribution is 5.29. The standard InChI is InChI=1S/C13H19NO.C11H17NO.C10H15NO/c14-12-8-4-5-9-13(12)15-10-11-6-2-1-3-7-11;1-3-4-11(12)9-5-7-10(13-2)8-6-9;1-3-10(11)8-4-6-9(12-2)7-5-8/h1-3,6-7,12-13H,4-5,8-10,14H2;5-8,11H,3-4,12H2,1-2H3;4-7,10H,3,11H2,1-2H3/t;11-;10-/m.00/s1. The maximum atomic E-state index is 6.02. The van der Waals surface area contributed by atoms with E-state index in [1.54, 1.807) is 14.2 Å². The van der Waals surface area contributed by atoms with Crippen molar-refractivity contribution in [2.75, 3.05) is 14.2 Å². The molecule has 1 fully saturated rings. The van der Waals surface area contributed by atoms with E-state index in [9.17, 15) is 0 Å².